The Morgan fingerprint density at radius 3 is 2.05 bits per heavy atom. The van der Waals surface area contributed by atoms with Crippen LogP contribution in [0.1, 0.15) is 33.6 Å². The Bertz CT molecular complexity index is 385. The van der Waals surface area contributed by atoms with Gasteiger partial charge in [0, 0.05) is 39.3 Å². The average molecular weight is 278 g/mol. The van der Waals surface area contributed by atoms with E-state index in [1.807, 2.05) is 23.6 Å². The highest BCUT2D eigenvalue weighted by Crippen LogP contribution is 2.20. The lowest BCUT2D eigenvalue weighted by molar-refractivity contribution is 0.0737. The molecule has 112 valence electrons. The Labute approximate surface area is 122 Å². The van der Waals surface area contributed by atoms with Crippen LogP contribution in [-0.2, 0) is 0 Å². The number of urea groups is 1. The summed E-state index contributed by atoms with van der Waals surface area (Å²) in [6.45, 7) is 11.0. The summed E-state index contributed by atoms with van der Waals surface area (Å²) in [7, 11) is 0. The van der Waals surface area contributed by atoms with Gasteiger partial charge in [-0.25, -0.2) is 4.79 Å². The highest BCUT2D eigenvalue weighted by Gasteiger charge is 2.32. The molecular weight excluding hydrogens is 252 g/mol. The number of carbonyl (C=O) groups excluding carboxylic acids is 1. The largest absolute Gasteiger partial charge is 0.325 e. The van der Waals surface area contributed by atoms with Crippen molar-refractivity contribution in [1.82, 2.24) is 14.7 Å². The Morgan fingerprint density at radius 2 is 1.55 bits per heavy atom. The molecule has 2 heterocycles. The molecule has 2 aliphatic rings. The maximum atomic E-state index is 12.5. The summed E-state index contributed by atoms with van der Waals surface area (Å²) in [5.41, 5.74) is -0.435. The van der Waals surface area contributed by atoms with Crippen LogP contribution < -0.4 is 0 Å². The molecule has 0 bridgehead atoms. The maximum absolute atomic E-state index is 12.5. The van der Waals surface area contributed by atoms with E-state index in [9.17, 15) is 4.79 Å². The second-order valence-electron chi connectivity index (χ2n) is 6.60. The summed E-state index contributed by atoms with van der Waals surface area (Å²) < 4.78 is 0. The third-order valence-corrected chi connectivity index (χ3v) is 4.67. The monoisotopic (exact) mass is 278 g/mol. The molecule has 2 saturated heterocycles. The van der Waals surface area contributed by atoms with Crippen LogP contribution in [0.25, 0.3) is 0 Å². The molecule has 0 aliphatic carbocycles. The lowest BCUT2D eigenvalue weighted by Gasteiger charge is -2.42. The van der Waals surface area contributed by atoms with Gasteiger partial charge >= 0.3 is 6.03 Å². The van der Waals surface area contributed by atoms with E-state index in [0.717, 1.165) is 58.0 Å². The van der Waals surface area contributed by atoms with E-state index in [1.165, 1.54) is 0 Å². The van der Waals surface area contributed by atoms with E-state index < -0.39 is 5.54 Å². The standard InChI is InChI=1S/C15H26N4O/c1-13-4-6-17(7-5-13)14(20)18-8-10-19(11-9-18)15(2,3)12-16/h13H,4-11H2,1-3H3. The Morgan fingerprint density at radius 1 is 1.05 bits per heavy atom. The lowest BCUT2D eigenvalue weighted by Crippen LogP contribution is -2.57. The molecule has 0 aromatic rings. The van der Waals surface area contributed by atoms with Crippen molar-refractivity contribution in [3.8, 4) is 6.07 Å². The molecule has 0 spiro atoms. The fourth-order valence-corrected chi connectivity index (χ4v) is 2.93. The molecule has 0 N–H and O–H groups in total. The number of carbonyl (C=O) groups is 1. The van der Waals surface area contributed by atoms with Crippen LogP contribution in [0.2, 0.25) is 0 Å². The molecule has 0 unspecified atom stereocenters. The number of likely N-dealkylation sites (tertiary alicyclic amines) is 1. The molecule has 0 saturated carbocycles. The minimum absolute atomic E-state index is 0.186. The summed E-state index contributed by atoms with van der Waals surface area (Å²) in [4.78, 5) is 18.6. The molecule has 2 aliphatic heterocycles. The number of amides is 2. The van der Waals surface area contributed by atoms with Gasteiger partial charge in [0.1, 0.15) is 5.54 Å². The number of piperidine rings is 1. The van der Waals surface area contributed by atoms with Gasteiger partial charge < -0.3 is 9.80 Å². The van der Waals surface area contributed by atoms with Crippen LogP contribution in [0.3, 0.4) is 0 Å². The van der Waals surface area contributed by atoms with Gasteiger partial charge in [-0.05, 0) is 32.6 Å². The predicted octanol–water partition coefficient (Wildman–Crippen LogP) is 1.76. The van der Waals surface area contributed by atoms with Crippen molar-refractivity contribution < 1.29 is 4.79 Å². The number of nitrogens with zero attached hydrogens (tertiary/aromatic N) is 4. The summed E-state index contributed by atoms with van der Waals surface area (Å²) in [6, 6.07) is 2.52. The Hall–Kier alpha value is -1.28. The molecule has 5 nitrogen and oxygen atoms in total. The Kier molecular flexibility index (Phi) is 4.54. The molecule has 0 atom stereocenters. The fraction of sp³-hybridized carbons (Fsp3) is 0.867. The quantitative estimate of drug-likeness (QED) is 0.734. The highest BCUT2D eigenvalue weighted by molar-refractivity contribution is 5.74. The minimum atomic E-state index is -0.435. The average Bonchev–Trinajstić information content (AvgIpc) is 2.47. The lowest BCUT2D eigenvalue weighted by atomic mass is 9.99. The maximum Gasteiger partial charge on any atom is 0.320 e. The van der Waals surface area contributed by atoms with Crippen molar-refractivity contribution in [2.45, 2.75) is 39.2 Å². The van der Waals surface area contributed by atoms with E-state index in [2.05, 4.69) is 17.9 Å². The summed E-state index contributed by atoms with van der Waals surface area (Å²) in [5, 5.41) is 9.17. The van der Waals surface area contributed by atoms with E-state index >= 15 is 0 Å². The Balaban J connectivity index is 1.85. The second kappa shape index (κ2) is 6.01. The van der Waals surface area contributed by atoms with Crippen LogP contribution >= 0.6 is 0 Å². The van der Waals surface area contributed by atoms with Crippen LogP contribution in [-0.4, -0.2) is 65.5 Å². The van der Waals surface area contributed by atoms with E-state index in [4.69, 9.17) is 5.26 Å². The first-order valence-electron chi connectivity index (χ1n) is 7.64. The van der Waals surface area contributed by atoms with E-state index in [-0.39, 0.29) is 6.03 Å². The van der Waals surface area contributed by atoms with Crippen molar-refractivity contribution in [3.63, 3.8) is 0 Å². The predicted molar refractivity (Wildman–Crippen MR) is 78.2 cm³/mol. The number of hydrogen-bond donors (Lipinski definition) is 0. The smallest absolute Gasteiger partial charge is 0.320 e. The molecule has 0 aromatic heterocycles. The summed E-state index contributed by atoms with van der Waals surface area (Å²) >= 11 is 0. The van der Waals surface area contributed by atoms with Gasteiger partial charge in [0.2, 0.25) is 0 Å². The van der Waals surface area contributed by atoms with Gasteiger partial charge in [0.25, 0.3) is 0 Å². The third kappa shape index (κ3) is 3.24. The zero-order valence-corrected chi connectivity index (χ0v) is 12.9. The van der Waals surface area contributed by atoms with Gasteiger partial charge in [-0.15, -0.1) is 0 Å². The van der Waals surface area contributed by atoms with Crippen molar-refractivity contribution in [2.75, 3.05) is 39.3 Å². The zero-order valence-electron chi connectivity index (χ0n) is 12.9. The minimum Gasteiger partial charge on any atom is -0.325 e. The molecule has 2 amide bonds. The van der Waals surface area contributed by atoms with Crippen LogP contribution in [0.5, 0.6) is 0 Å². The molecule has 20 heavy (non-hydrogen) atoms. The molecule has 2 fully saturated rings. The number of piperazine rings is 1. The van der Waals surface area contributed by atoms with Crippen molar-refractivity contribution in [3.05, 3.63) is 0 Å². The van der Waals surface area contributed by atoms with Gasteiger partial charge in [-0.2, -0.15) is 5.26 Å². The van der Waals surface area contributed by atoms with Crippen LogP contribution in [0.4, 0.5) is 4.79 Å². The van der Waals surface area contributed by atoms with Gasteiger partial charge in [0.05, 0.1) is 6.07 Å². The number of nitriles is 1. The zero-order chi connectivity index (χ0) is 14.8. The van der Waals surface area contributed by atoms with Crippen LogP contribution in [0, 0.1) is 17.2 Å². The van der Waals surface area contributed by atoms with E-state index in [0.29, 0.717) is 0 Å². The van der Waals surface area contributed by atoms with Gasteiger partial charge in [0.15, 0.2) is 0 Å². The van der Waals surface area contributed by atoms with Gasteiger partial charge in [-0.3, -0.25) is 4.90 Å². The molecular formula is C15H26N4O. The summed E-state index contributed by atoms with van der Waals surface area (Å²) in [5.74, 6) is 0.743. The van der Waals surface area contributed by atoms with Crippen molar-refractivity contribution in [1.29, 1.82) is 5.26 Å². The number of hydrogen-bond acceptors (Lipinski definition) is 3. The fourth-order valence-electron chi connectivity index (χ4n) is 2.93. The van der Waals surface area contributed by atoms with E-state index in [1.54, 1.807) is 0 Å². The molecule has 0 aromatic carbocycles. The normalized spacial score (nSPS) is 22.7. The SMILES string of the molecule is CC1CCN(C(=O)N2CCN(C(C)(C)C#N)CC2)CC1. The molecule has 2 rings (SSSR count). The molecule has 5 heteroatoms. The first-order valence-corrected chi connectivity index (χ1v) is 7.64. The van der Waals surface area contributed by atoms with Crippen molar-refractivity contribution >= 4 is 6.03 Å². The first-order chi connectivity index (χ1) is 9.44. The summed E-state index contributed by atoms with van der Waals surface area (Å²) in [6.07, 6.45) is 2.24. The van der Waals surface area contributed by atoms with Crippen LogP contribution in [0.15, 0.2) is 0 Å². The van der Waals surface area contributed by atoms with Gasteiger partial charge in [-0.1, -0.05) is 6.92 Å². The topological polar surface area (TPSA) is 50.6 Å². The second-order valence-corrected chi connectivity index (χ2v) is 6.60. The third-order valence-electron chi connectivity index (χ3n) is 4.67. The highest BCUT2D eigenvalue weighted by atomic mass is 16.2. The first kappa shape index (κ1) is 15.1. The van der Waals surface area contributed by atoms with Crippen molar-refractivity contribution in [2.24, 2.45) is 5.92 Å². The molecule has 0 radical (unpaired) electrons. The number of rotatable bonds is 1.